The smallest absolute Gasteiger partial charge is 0.338 e. The summed E-state index contributed by atoms with van der Waals surface area (Å²) in [7, 11) is 0. The molecule has 2 saturated carbocycles. The number of carbonyl (C=O) groups is 4. The van der Waals surface area contributed by atoms with E-state index in [1.807, 2.05) is 13.8 Å². The van der Waals surface area contributed by atoms with E-state index < -0.39 is 70.0 Å². The lowest BCUT2D eigenvalue weighted by Crippen LogP contribution is -2.80. The Morgan fingerprint density at radius 2 is 1.69 bits per heavy atom. The van der Waals surface area contributed by atoms with Gasteiger partial charge in [-0.1, -0.05) is 45.9 Å². The fraction of sp³-hybridized carbons (Fsp3) is 0.625. The maximum atomic E-state index is 16.6. The number of rotatable bonds is 4. The number of ether oxygens (including phenoxy) is 4. The van der Waals surface area contributed by atoms with E-state index in [9.17, 15) is 24.3 Å². The van der Waals surface area contributed by atoms with Gasteiger partial charge in [0.15, 0.2) is 11.4 Å². The first-order chi connectivity index (χ1) is 19.5. The normalized spacial score (nSPS) is 40.4. The highest BCUT2D eigenvalue weighted by atomic mass is 19.1. The molecule has 3 fully saturated rings. The number of esters is 3. The summed E-state index contributed by atoms with van der Waals surface area (Å²) in [6.45, 7) is 10.7. The number of ketones is 1. The zero-order chi connectivity index (χ0) is 31.0. The number of aliphatic hydroxyl groups is 1. The summed E-state index contributed by atoms with van der Waals surface area (Å²) in [5.74, 6) is -5.40. The van der Waals surface area contributed by atoms with E-state index in [2.05, 4.69) is 0 Å². The molecule has 42 heavy (non-hydrogen) atoms. The van der Waals surface area contributed by atoms with Crippen molar-refractivity contribution in [3.05, 3.63) is 47.2 Å². The first-order valence-electron chi connectivity index (χ1n) is 14.4. The summed E-state index contributed by atoms with van der Waals surface area (Å²) in [4.78, 5) is 53.5. The van der Waals surface area contributed by atoms with Crippen LogP contribution in [0.5, 0.6) is 0 Å². The average Bonchev–Trinajstić information content (AvgIpc) is 2.90. The van der Waals surface area contributed by atoms with Crippen LogP contribution in [0.15, 0.2) is 41.7 Å². The molecule has 3 unspecified atom stereocenters. The number of halogens is 1. The van der Waals surface area contributed by atoms with Crippen LogP contribution in [0.25, 0.3) is 0 Å². The molecule has 2 bridgehead atoms. The Bertz CT molecular complexity index is 1350. The molecule has 1 aromatic carbocycles. The predicted octanol–water partition coefficient (Wildman–Crippen LogP) is 4.11. The Labute approximate surface area is 244 Å². The zero-order valence-electron chi connectivity index (χ0n) is 25.1. The van der Waals surface area contributed by atoms with Crippen LogP contribution < -0.4 is 0 Å². The van der Waals surface area contributed by atoms with Crippen molar-refractivity contribution in [3.8, 4) is 0 Å². The summed E-state index contributed by atoms with van der Waals surface area (Å²) in [5, 5.41) is 13.0. The van der Waals surface area contributed by atoms with Crippen LogP contribution in [0.1, 0.15) is 71.7 Å². The van der Waals surface area contributed by atoms with Crippen LogP contribution in [0.2, 0.25) is 0 Å². The summed E-state index contributed by atoms with van der Waals surface area (Å²) in [6.07, 6.45) is -4.55. The SMILES string of the molecule is CC(=O)OC1=C2C(C)[C@@H](C)C[C@@](O)([C@@H](OC(=O)c3ccccc3)C3[C@](C)(C1=O)C(F)C[C@H]1OC[C@@]31OC(C)=O)C2(C)C. The predicted molar refractivity (Wildman–Crippen MR) is 146 cm³/mol. The summed E-state index contributed by atoms with van der Waals surface area (Å²) >= 11 is 0. The number of carbonyl (C=O) groups excluding carboxylic acids is 4. The molecule has 10 heteroatoms. The van der Waals surface area contributed by atoms with Crippen LogP contribution >= 0.6 is 0 Å². The molecule has 1 heterocycles. The van der Waals surface area contributed by atoms with Crippen LogP contribution in [0, 0.1) is 28.6 Å². The number of alkyl halides is 1. The highest BCUT2D eigenvalue weighted by molar-refractivity contribution is 6.02. The third kappa shape index (κ3) is 4.08. The number of hydrogen-bond donors (Lipinski definition) is 1. The number of allylic oxidation sites excluding steroid dienone is 1. The Balaban J connectivity index is 1.86. The van der Waals surface area contributed by atoms with Gasteiger partial charge >= 0.3 is 17.9 Å². The van der Waals surface area contributed by atoms with Gasteiger partial charge in [0.1, 0.15) is 24.0 Å². The maximum Gasteiger partial charge on any atom is 0.338 e. The Hall–Kier alpha value is -3.11. The molecule has 3 aliphatic carbocycles. The van der Waals surface area contributed by atoms with Crippen molar-refractivity contribution < 1.29 is 47.6 Å². The van der Waals surface area contributed by atoms with Gasteiger partial charge < -0.3 is 24.1 Å². The third-order valence-corrected chi connectivity index (χ3v) is 10.5. The van der Waals surface area contributed by atoms with E-state index in [-0.39, 0.29) is 42.6 Å². The van der Waals surface area contributed by atoms with Crippen LogP contribution in [0.4, 0.5) is 4.39 Å². The molecule has 0 spiro atoms. The van der Waals surface area contributed by atoms with Crippen molar-refractivity contribution in [3.63, 3.8) is 0 Å². The van der Waals surface area contributed by atoms with Crippen molar-refractivity contribution in [2.45, 2.75) is 90.9 Å². The molecule has 0 radical (unpaired) electrons. The molecule has 5 rings (SSSR count). The highest BCUT2D eigenvalue weighted by Crippen LogP contribution is 2.65. The molecule has 9 nitrogen and oxygen atoms in total. The van der Waals surface area contributed by atoms with Crippen molar-refractivity contribution in [2.24, 2.45) is 28.6 Å². The molecule has 228 valence electrons. The molecule has 9 atom stereocenters. The minimum Gasteiger partial charge on any atom is -0.455 e. The molecule has 1 saturated heterocycles. The van der Waals surface area contributed by atoms with Gasteiger partial charge in [-0.15, -0.1) is 0 Å². The lowest BCUT2D eigenvalue weighted by molar-refractivity contribution is -0.340. The molecule has 1 N–H and O–H groups in total. The molecule has 1 aliphatic heterocycles. The highest BCUT2D eigenvalue weighted by Gasteiger charge is 2.78. The zero-order valence-corrected chi connectivity index (χ0v) is 25.1. The van der Waals surface area contributed by atoms with Gasteiger partial charge in [-0.3, -0.25) is 14.4 Å². The van der Waals surface area contributed by atoms with Gasteiger partial charge in [0.05, 0.1) is 23.5 Å². The van der Waals surface area contributed by atoms with Crippen LogP contribution in [-0.2, 0) is 33.3 Å². The molecular weight excluding hydrogens is 547 g/mol. The monoisotopic (exact) mass is 586 g/mol. The fourth-order valence-electron chi connectivity index (χ4n) is 8.12. The van der Waals surface area contributed by atoms with E-state index in [1.54, 1.807) is 44.2 Å². The first kappa shape index (κ1) is 30.4. The quantitative estimate of drug-likeness (QED) is 0.410. The Morgan fingerprint density at radius 3 is 2.24 bits per heavy atom. The van der Waals surface area contributed by atoms with Crippen molar-refractivity contribution in [1.29, 1.82) is 0 Å². The molecular formula is C32H39FO9. The lowest BCUT2D eigenvalue weighted by Gasteiger charge is -2.66. The van der Waals surface area contributed by atoms with Gasteiger partial charge in [0, 0.05) is 25.7 Å². The summed E-state index contributed by atoms with van der Waals surface area (Å²) in [6, 6.07) is 8.16. The first-order valence-corrected chi connectivity index (χ1v) is 14.4. The molecule has 0 aromatic heterocycles. The van der Waals surface area contributed by atoms with Gasteiger partial charge in [-0.2, -0.15) is 0 Å². The van der Waals surface area contributed by atoms with E-state index in [1.165, 1.54) is 13.8 Å². The van der Waals surface area contributed by atoms with Gasteiger partial charge in [-0.25, -0.2) is 9.18 Å². The van der Waals surface area contributed by atoms with E-state index in [0.717, 1.165) is 6.92 Å². The lowest BCUT2D eigenvalue weighted by atomic mass is 9.44. The summed E-state index contributed by atoms with van der Waals surface area (Å²) in [5.41, 5.74) is -6.33. The Kier molecular flexibility index (Phi) is 7.21. The summed E-state index contributed by atoms with van der Waals surface area (Å²) < 4.78 is 40.1. The number of Topliss-reactive ketones (excluding diaryl/α,β-unsaturated/α-hetero) is 1. The molecule has 4 aliphatic rings. The van der Waals surface area contributed by atoms with Gasteiger partial charge in [0.2, 0.25) is 5.78 Å². The molecule has 1 aromatic rings. The third-order valence-electron chi connectivity index (χ3n) is 10.5. The second-order valence-corrected chi connectivity index (χ2v) is 13.2. The maximum absolute atomic E-state index is 16.6. The fourth-order valence-corrected chi connectivity index (χ4v) is 8.12. The van der Waals surface area contributed by atoms with E-state index in [4.69, 9.17) is 18.9 Å². The van der Waals surface area contributed by atoms with Crippen molar-refractivity contribution >= 4 is 23.7 Å². The topological polar surface area (TPSA) is 125 Å². The van der Waals surface area contributed by atoms with E-state index >= 15 is 4.39 Å². The Morgan fingerprint density at radius 1 is 1.05 bits per heavy atom. The van der Waals surface area contributed by atoms with Crippen LogP contribution in [0.3, 0.4) is 0 Å². The average molecular weight is 587 g/mol. The number of fused-ring (bicyclic) bond motifs is 5. The minimum absolute atomic E-state index is 0.101. The van der Waals surface area contributed by atoms with Gasteiger partial charge in [0.25, 0.3) is 0 Å². The van der Waals surface area contributed by atoms with Gasteiger partial charge in [-0.05, 0) is 42.9 Å². The van der Waals surface area contributed by atoms with E-state index in [0.29, 0.717) is 5.57 Å². The minimum atomic E-state index is -2.04. The molecule has 0 amide bonds. The second-order valence-electron chi connectivity index (χ2n) is 13.2. The van der Waals surface area contributed by atoms with Crippen molar-refractivity contribution in [2.75, 3.05) is 6.61 Å². The standard InChI is InChI=1S/C32H39FO9/c1-16-14-32(38)27(41-28(37)20-11-9-8-10-12-20)25-30(7,21(33)13-22-31(25,15-39-22)42-19(4)35)26(36)24(40-18(3)34)23(17(16)2)29(32,5)6/h8-12,16-17,21-22,25,27,38H,13-15H2,1-7H3/t16-,17?,21?,22+,25?,27-,30+,31-,32+/m0/s1. The van der Waals surface area contributed by atoms with Crippen molar-refractivity contribution in [1.82, 2.24) is 0 Å². The number of hydrogen-bond acceptors (Lipinski definition) is 9. The largest absolute Gasteiger partial charge is 0.455 e. The number of benzene rings is 1. The second kappa shape index (κ2) is 9.98. The van der Waals surface area contributed by atoms with Crippen LogP contribution in [-0.4, -0.2) is 65.0 Å².